The van der Waals surface area contributed by atoms with Crippen molar-refractivity contribution in [2.24, 2.45) is 0 Å². The van der Waals surface area contributed by atoms with Crippen molar-refractivity contribution in [1.82, 2.24) is 4.90 Å². The number of β-amino-alcohol motifs (C(OH)–C–C–N with tert-alkyl or cyclic N) is 1. The smallest absolute Gasteiger partial charge is 0.123 e. The van der Waals surface area contributed by atoms with Crippen LogP contribution in [0.5, 0.6) is 0 Å². The summed E-state index contributed by atoms with van der Waals surface area (Å²) < 4.78 is 13.1. The number of hydrogen-bond acceptors (Lipinski definition) is 3. The van der Waals surface area contributed by atoms with Crippen LogP contribution in [0.15, 0.2) is 48.5 Å². The summed E-state index contributed by atoms with van der Waals surface area (Å²) in [5.74, 6) is -0.254. The lowest BCUT2D eigenvalue weighted by molar-refractivity contribution is 0.172. The molecule has 1 heterocycles. The van der Waals surface area contributed by atoms with E-state index in [9.17, 15) is 9.50 Å². The molecule has 0 aliphatic carbocycles. The molecule has 0 radical (unpaired) electrons. The van der Waals surface area contributed by atoms with Gasteiger partial charge in [-0.25, -0.2) is 4.39 Å². The Morgan fingerprint density at radius 3 is 2.73 bits per heavy atom. The maximum absolute atomic E-state index is 13.1. The lowest BCUT2D eigenvalue weighted by atomic mass is 10.0. The van der Waals surface area contributed by atoms with Crippen molar-refractivity contribution in [2.75, 3.05) is 6.54 Å². The third kappa shape index (κ3) is 3.16. The molecule has 0 unspecified atom stereocenters. The van der Waals surface area contributed by atoms with Gasteiger partial charge in [0.25, 0.3) is 0 Å². The third-order valence-corrected chi connectivity index (χ3v) is 4.08. The van der Waals surface area contributed by atoms with E-state index >= 15 is 0 Å². The summed E-state index contributed by atoms with van der Waals surface area (Å²) in [7, 11) is 0. The van der Waals surface area contributed by atoms with Gasteiger partial charge in [-0.3, -0.25) is 4.90 Å². The predicted octanol–water partition coefficient (Wildman–Crippen LogP) is 3.01. The second-order valence-electron chi connectivity index (χ2n) is 5.70. The largest absolute Gasteiger partial charge is 0.392 e. The fourth-order valence-electron chi connectivity index (χ4n) is 3.06. The summed E-state index contributed by atoms with van der Waals surface area (Å²) >= 11 is 0. The second-order valence-corrected chi connectivity index (χ2v) is 5.70. The van der Waals surface area contributed by atoms with Crippen LogP contribution < -0.4 is 0 Å². The summed E-state index contributed by atoms with van der Waals surface area (Å²) in [4.78, 5) is 2.17. The second kappa shape index (κ2) is 6.27. The minimum Gasteiger partial charge on any atom is -0.392 e. The van der Waals surface area contributed by atoms with Crippen molar-refractivity contribution in [3.05, 3.63) is 71.0 Å². The van der Waals surface area contributed by atoms with Gasteiger partial charge in [-0.15, -0.1) is 0 Å². The van der Waals surface area contributed by atoms with E-state index in [1.54, 1.807) is 18.2 Å². The van der Waals surface area contributed by atoms with Crippen LogP contribution in [0.1, 0.15) is 29.2 Å². The number of nitrogens with zero attached hydrogens (tertiary/aromatic N) is 2. The van der Waals surface area contributed by atoms with Crippen LogP contribution in [-0.2, 0) is 6.54 Å². The highest BCUT2D eigenvalue weighted by Gasteiger charge is 2.31. The molecule has 3 nitrogen and oxygen atoms in total. The van der Waals surface area contributed by atoms with Crippen LogP contribution in [-0.4, -0.2) is 22.7 Å². The number of rotatable bonds is 3. The molecule has 3 rings (SSSR count). The number of benzene rings is 2. The molecule has 2 aromatic carbocycles. The fraction of sp³-hybridized carbons (Fsp3) is 0.278. The van der Waals surface area contributed by atoms with Crippen molar-refractivity contribution in [3.8, 4) is 6.07 Å². The molecule has 112 valence electrons. The summed E-state index contributed by atoms with van der Waals surface area (Å²) in [5, 5.41) is 19.0. The van der Waals surface area contributed by atoms with Crippen LogP contribution in [0.4, 0.5) is 4.39 Å². The van der Waals surface area contributed by atoms with Crippen molar-refractivity contribution < 1.29 is 9.50 Å². The van der Waals surface area contributed by atoms with E-state index in [1.807, 2.05) is 18.2 Å². The monoisotopic (exact) mass is 296 g/mol. The highest BCUT2D eigenvalue weighted by Crippen LogP contribution is 2.33. The first kappa shape index (κ1) is 14.7. The Hall–Kier alpha value is -2.22. The normalized spacial score (nSPS) is 21.7. The van der Waals surface area contributed by atoms with E-state index in [0.29, 0.717) is 25.1 Å². The van der Waals surface area contributed by atoms with E-state index < -0.39 is 0 Å². The summed E-state index contributed by atoms with van der Waals surface area (Å²) in [6.45, 7) is 1.24. The third-order valence-electron chi connectivity index (χ3n) is 4.08. The Balaban J connectivity index is 1.81. The van der Waals surface area contributed by atoms with Gasteiger partial charge in [-0.2, -0.15) is 5.26 Å². The molecule has 0 amide bonds. The molecular weight excluding hydrogens is 279 g/mol. The summed E-state index contributed by atoms with van der Waals surface area (Å²) in [5.41, 5.74) is 2.69. The first-order chi connectivity index (χ1) is 10.7. The molecule has 0 saturated carbocycles. The van der Waals surface area contributed by atoms with Gasteiger partial charge in [0.2, 0.25) is 0 Å². The molecule has 1 saturated heterocycles. The van der Waals surface area contributed by atoms with Gasteiger partial charge in [0, 0.05) is 19.1 Å². The number of hydrogen-bond donors (Lipinski definition) is 1. The maximum atomic E-state index is 13.1. The van der Waals surface area contributed by atoms with Gasteiger partial charge in [0.15, 0.2) is 0 Å². The number of aliphatic hydroxyl groups is 1. The number of nitriles is 1. The molecule has 0 aromatic heterocycles. The first-order valence-corrected chi connectivity index (χ1v) is 7.32. The fourth-order valence-corrected chi connectivity index (χ4v) is 3.06. The molecule has 22 heavy (non-hydrogen) atoms. The Bertz CT molecular complexity index is 693. The first-order valence-electron chi connectivity index (χ1n) is 7.32. The summed E-state index contributed by atoms with van der Waals surface area (Å²) in [6.07, 6.45) is 0.262. The number of aliphatic hydroxyl groups excluding tert-OH is 1. The molecule has 4 heteroatoms. The quantitative estimate of drug-likeness (QED) is 0.947. The van der Waals surface area contributed by atoms with Crippen molar-refractivity contribution >= 4 is 0 Å². The zero-order valence-corrected chi connectivity index (χ0v) is 12.1. The molecule has 1 fully saturated rings. The lowest BCUT2D eigenvalue weighted by Gasteiger charge is -2.24. The average molecular weight is 296 g/mol. The zero-order chi connectivity index (χ0) is 15.5. The van der Waals surface area contributed by atoms with Crippen LogP contribution in [0.25, 0.3) is 0 Å². The predicted molar refractivity (Wildman–Crippen MR) is 81.3 cm³/mol. The van der Waals surface area contributed by atoms with Crippen LogP contribution >= 0.6 is 0 Å². The van der Waals surface area contributed by atoms with Gasteiger partial charge in [-0.1, -0.05) is 24.3 Å². The van der Waals surface area contributed by atoms with Gasteiger partial charge < -0.3 is 5.11 Å². The Kier molecular flexibility index (Phi) is 4.19. The van der Waals surface area contributed by atoms with E-state index in [1.165, 1.54) is 12.1 Å². The maximum Gasteiger partial charge on any atom is 0.123 e. The van der Waals surface area contributed by atoms with E-state index in [-0.39, 0.29) is 18.0 Å². The highest BCUT2D eigenvalue weighted by atomic mass is 19.1. The van der Waals surface area contributed by atoms with Gasteiger partial charge in [0.1, 0.15) is 5.82 Å². The highest BCUT2D eigenvalue weighted by molar-refractivity contribution is 5.33. The van der Waals surface area contributed by atoms with E-state index in [4.69, 9.17) is 5.26 Å². The molecular formula is C18H17FN2O. The number of halogens is 1. The average Bonchev–Trinajstić information content (AvgIpc) is 2.89. The molecule has 2 aromatic rings. The topological polar surface area (TPSA) is 47.3 Å². The van der Waals surface area contributed by atoms with Crippen molar-refractivity contribution in [1.29, 1.82) is 5.26 Å². The molecule has 1 aliphatic rings. The van der Waals surface area contributed by atoms with Crippen LogP contribution in [0.3, 0.4) is 0 Å². The number of likely N-dealkylation sites (tertiary alicyclic amines) is 1. The summed E-state index contributed by atoms with van der Waals surface area (Å²) in [6, 6.07) is 16.2. The van der Waals surface area contributed by atoms with Gasteiger partial charge >= 0.3 is 0 Å². The van der Waals surface area contributed by atoms with Crippen molar-refractivity contribution in [2.45, 2.75) is 25.1 Å². The molecule has 0 spiro atoms. The molecule has 2 atom stereocenters. The Labute approximate surface area is 129 Å². The molecule has 0 bridgehead atoms. The Morgan fingerprint density at radius 1 is 1.23 bits per heavy atom. The van der Waals surface area contributed by atoms with Crippen LogP contribution in [0, 0.1) is 17.1 Å². The standard InChI is InChI=1S/C18H17FN2O/c19-16-6-4-15(5-7-16)18-9-17(22)12-21(18)11-14-3-1-2-13(8-14)10-20/h1-8,17-18,22H,9,11-12H2/t17-,18-/m1/s1. The minimum absolute atomic E-state index is 0.0707. The van der Waals surface area contributed by atoms with E-state index in [0.717, 1.165) is 11.1 Å². The molecule has 1 N–H and O–H groups in total. The van der Waals surface area contributed by atoms with Gasteiger partial charge in [-0.05, 0) is 41.8 Å². The SMILES string of the molecule is N#Cc1cccc(CN2C[C@H](O)C[C@@H]2c2ccc(F)cc2)c1. The minimum atomic E-state index is -0.380. The van der Waals surface area contributed by atoms with Crippen LogP contribution in [0.2, 0.25) is 0 Å². The van der Waals surface area contributed by atoms with Gasteiger partial charge in [0.05, 0.1) is 17.7 Å². The van der Waals surface area contributed by atoms with Crippen molar-refractivity contribution in [3.63, 3.8) is 0 Å². The van der Waals surface area contributed by atoms with E-state index in [2.05, 4.69) is 11.0 Å². The Morgan fingerprint density at radius 2 is 2.00 bits per heavy atom. The zero-order valence-electron chi connectivity index (χ0n) is 12.1. The lowest BCUT2D eigenvalue weighted by Crippen LogP contribution is -2.24. The molecule has 1 aliphatic heterocycles.